The lowest BCUT2D eigenvalue weighted by Crippen LogP contribution is -2.42. The molecular weight excluding hydrogens is 308 g/mol. The van der Waals surface area contributed by atoms with Gasteiger partial charge < -0.3 is 5.32 Å². The van der Waals surface area contributed by atoms with E-state index in [2.05, 4.69) is 19.2 Å². The number of nitrogens with zero attached hydrogens (tertiary/aromatic N) is 1. The summed E-state index contributed by atoms with van der Waals surface area (Å²) in [5.74, 6) is 0.958. The minimum Gasteiger partial charge on any atom is -0.316 e. The second-order valence-corrected chi connectivity index (χ2v) is 8.23. The Morgan fingerprint density at radius 1 is 1.33 bits per heavy atom. The summed E-state index contributed by atoms with van der Waals surface area (Å²) in [5.41, 5.74) is 0.804. The molecule has 1 aromatic carbocycles. The van der Waals surface area contributed by atoms with E-state index in [-0.39, 0.29) is 0 Å². The molecule has 1 aliphatic heterocycles. The van der Waals surface area contributed by atoms with E-state index in [9.17, 15) is 8.42 Å². The number of hydrogen-bond acceptors (Lipinski definition) is 3. The van der Waals surface area contributed by atoms with Gasteiger partial charge in [-0.15, -0.1) is 0 Å². The molecule has 2 atom stereocenters. The molecule has 2 unspecified atom stereocenters. The summed E-state index contributed by atoms with van der Waals surface area (Å²) in [7, 11) is -1.62. The topological polar surface area (TPSA) is 49.4 Å². The fraction of sp³-hybridized carbons (Fsp3) is 0.600. The summed E-state index contributed by atoms with van der Waals surface area (Å²) < 4.78 is 27.1. The average Bonchev–Trinajstić information content (AvgIpc) is 2.44. The molecule has 1 aliphatic rings. The van der Waals surface area contributed by atoms with Gasteiger partial charge >= 0.3 is 0 Å². The van der Waals surface area contributed by atoms with Crippen LogP contribution >= 0.6 is 11.6 Å². The van der Waals surface area contributed by atoms with Crippen LogP contribution in [0.5, 0.6) is 0 Å². The van der Waals surface area contributed by atoms with E-state index in [1.165, 1.54) is 0 Å². The molecule has 1 fully saturated rings. The number of halogens is 1. The number of nitrogens with one attached hydrogen (secondary N) is 1. The summed E-state index contributed by atoms with van der Waals surface area (Å²) in [6, 6.07) is 4.94. The predicted octanol–water partition coefficient (Wildman–Crippen LogP) is 2.73. The molecule has 6 heteroatoms. The van der Waals surface area contributed by atoms with Crippen molar-refractivity contribution in [1.82, 2.24) is 9.62 Å². The first kappa shape index (κ1) is 16.7. The third-order valence-electron chi connectivity index (χ3n) is 4.32. The average molecular weight is 331 g/mol. The van der Waals surface area contributed by atoms with Crippen molar-refractivity contribution in [3.8, 4) is 0 Å². The quantitative estimate of drug-likeness (QED) is 0.923. The minimum absolute atomic E-state index is 0.332. The normalized spacial score (nSPS) is 24.2. The fourth-order valence-electron chi connectivity index (χ4n) is 2.63. The molecule has 0 spiro atoms. The molecule has 1 aromatic rings. The van der Waals surface area contributed by atoms with Gasteiger partial charge in [-0.1, -0.05) is 25.4 Å². The van der Waals surface area contributed by atoms with Crippen LogP contribution in [0.25, 0.3) is 0 Å². The summed E-state index contributed by atoms with van der Waals surface area (Å²) in [6.45, 7) is 6.03. The van der Waals surface area contributed by atoms with E-state index in [4.69, 9.17) is 11.6 Å². The van der Waals surface area contributed by atoms with Crippen LogP contribution in [0.1, 0.15) is 25.8 Å². The lowest BCUT2D eigenvalue weighted by molar-refractivity contribution is 0.212. The van der Waals surface area contributed by atoms with Crippen molar-refractivity contribution in [2.24, 2.45) is 11.8 Å². The van der Waals surface area contributed by atoms with Crippen molar-refractivity contribution >= 4 is 21.6 Å². The predicted molar refractivity (Wildman–Crippen MR) is 85.9 cm³/mol. The van der Waals surface area contributed by atoms with E-state index in [0.717, 1.165) is 12.0 Å². The van der Waals surface area contributed by atoms with E-state index < -0.39 is 10.0 Å². The monoisotopic (exact) mass is 330 g/mol. The molecule has 2 rings (SSSR count). The van der Waals surface area contributed by atoms with E-state index in [1.54, 1.807) is 22.5 Å². The minimum atomic E-state index is -3.43. The Labute approximate surface area is 132 Å². The molecule has 0 aromatic heterocycles. The largest absolute Gasteiger partial charge is 0.316 e. The molecule has 4 nitrogen and oxygen atoms in total. The fourth-order valence-corrected chi connectivity index (χ4v) is 4.42. The molecule has 0 amide bonds. The molecule has 1 heterocycles. The second-order valence-electron chi connectivity index (χ2n) is 5.89. The van der Waals surface area contributed by atoms with Crippen LogP contribution < -0.4 is 5.32 Å². The highest BCUT2D eigenvalue weighted by Gasteiger charge is 2.31. The molecule has 21 heavy (non-hydrogen) atoms. The smallest absolute Gasteiger partial charge is 0.243 e. The summed E-state index contributed by atoms with van der Waals surface area (Å²) in [6.07, 6.45) is 0.914. The molecule has 118 valence electrons. The third-order valence-corrected chi connectivity index (χ3v) is 6.55. The highest BCUT2D eigenvalue weighted by molar-refractivity contribution is 7.89. The molecule has 0 bridgehead atoms. The molecule has 0 saturated carbocycles. The van der Waals surface area contributed by atoms with Crippen molar-refractivity contribution in [3.05, 3.63) is 28.8 Å². The number of hydrogen-bond donors (Lipinski definition) is 1. The van der Waals surface area contributed by atoms with Crippen molar-refractivity contribution < 1.29 is 8.42 Å². The van der Waals surface area contributed by atoms with Gasteiger partial charge in [0.2, 0.25) is 10.0 Å². The van der Waals surface area contributed by atoms with E-state index in [1.807, 2.05) is 7.05 Å². The van der Waals surface area contributed by atoms with Crippen molar-refractivity contribution in [1.29, 1.82) is 0 Å². The van der Waals surface area contributed by atoms with Gasteiger partial charge in [0.05, 0.1) is 4.90 Å². The molecule has 1 saturated heterocycles. The summed E-state index contributed by atoms with van der Waals surface area (Å²) >= 11 is 6.10. The maximum atomic E-state index is 12.8. The Bertz CT molecular complexity index is 604. The van der Waals surface area contributed by atoms with Crippen LogP contribution in [0.3, 0.4) is 0 Å². The molecule has 0 aliphatic carbocycles. The first-order valence-electron chi connectivity index (χ1n) is 7.29. The van der Waals surface area contributed by atoms with Gasteiger partial charge in [0.15, 0.2) is 0 Å². The standard InChI is InChI=1S/C15H23ClN2O2S/c1-11-6-7-18(10-12(11)2)21(19,20)14-4-5-15(16)13(8-14)9-17-3/h4-5,8,11-12,17H,6-7,9-10H2,1-3H3. The number of rotatable bonds is 4. The maximum Gasteiger partial charge on any atom is 0.243 e. The van der Waals surface area contributed by atoms with Gasteiger partial charge in [-0.05, 0) is 49.1 Å². The lowest BCUT2D eigenvalue weighted by atomic mass is 9.90. The Kier molecular flexibility index (Phi) is 5.30. The molecular formula is C15H23ClN2O2S. The van der Waals surface area contributed by atoms with Crippen LogP contribution in [0.2, 0.25) is 5.02 Å². The van der Waals surface area contributed by atoms with Crippen LogP contribution in [0.4, 0.5) is 0 Å². The zero-order valence-corrected chi connectivity index (χ0v) is 14.3. The van der Waals surface area contributed by atoms with Gasteiger partial charge in [0.1, 0.15) is 0 Å². The lowest BCUT2D eigenvalue weighted by Gasteiger charge is -2.34. The van der Waals surface area contributed by atoms with Gasteiger partial charge in [-0.25, -0.2) is 8.42 Å². The second kappa shape index (κ2) is 6.65. The highest BCUT2D eigenvalue weighted by Crippen LogP contribution is 2.28. The number of benzene rings is 1. The van der Waals surface area contributed by atoms with E-state index >= 15 is 0 Å². The number of piperidine rings is 1. The Morgan fingerprint density at radius 2 is 2.05 bits per heavy atom. The van der Waals surface area contributed by atoms with Crippen LogP contribution in [0.15, 0.2) is 23.1 Å². The first-order chi connectivity index (χ1) is 9.86. The van der Waals surface area contributed by atoms with Crippen LogP contribution in [-0.4, -0.2) is 32.9 Å². The van der Waals surface area contributed by atoms with Gasteiger partial charge in [0.25, 0.3) is 0 Å². The van der Waals surface area contributed by atoms with Crippen molar-refractivity contribution in [2.45, 2.75) is 31.7 Å². The molecule has 1 N–H and O–H groups in total. The van der Waals surface area contributed by atoms with Crippen LogP contribution in [-0.2, 0) is 16.6 Å². The van der Waals surface area contributed by atoms with Crippen molar-refractivity contribution in [3.63, 3.8) is 0 Å². The van der Waals surface area contributed by atoms with E-state index in [0.29, 0.717) is 41.4 Å². The Hall–Kier alpha value is -0.620. The third kappa shape index (κ3) is 3.59. The van der Waals surface area contributed by atoms with Crippen LogP contribution in [0, 0.1) is 11.8 Å². The van der Waals surface area contributed by atoms with Crippen molar-refractivity contribution in [2.75, 3.05) is 20.1 Å². The first-order valence-corrected chi connectivity index (χ1v) is 9.11. The zero-order valence-electron chi connectivity index (χ0n) is 12.8. The number of sulfonamides is 1. The molecule has 0 radical (unpaired) electrons. The maximum absolute atomic E-state index is 12.8. The zero-order chi connectivity index (χ0) is 15.6. The van der Waals surface area contributed by atoms with Gasteiger partial charge in [0, 0.05) is 24.7 Å². The summed E-state index contributed by atoms with van der Waals surface area (Å²) in [4.78, 5) is 0.332. The van der Waals surface area contributed by atoms with Gasteiger partial charge in [-0.3, -0.25) is 0 Å². The summed E-state index contributed by atoms with van der Waals surface area (Å²) in [5, 5.41) is 3.59. The highest BCUT2D eigenvalue weighted by atomic mass is 35.5. The SMILES string of the molecule is CNCc1cc(S(=O)(=O)N2CCC(C)C(C)C2)ccc1Cl. The Balaban J connectivity index is 2.29. The van der Waals surface area contributed by atoms with Gasteiger partial charge in [-0.2, -0.15) is 4.31 Å². The Morgan fingerprint density at radius 3 is 2.67 bits per heavy atom.